The molecule has 1 fully saturated rings. The van der Waals surface area contributed by atoms with Crippen LogP contribution in [0.2, 0.25) is 0 Å². The van der Waals surface area contributed by atoms with E-state index in [9.17, 15) is 0 Å². The van der Waals surface area contributed by atoms with Gasteiger partial charge >= 0.3 is 0 Å². The highest BCUT2D eigenvalue weighted by Crippen LogP contribution is 2.12. The fraction of sp³-hybridized carbons (Fsp3) is 0.571. The van der Waals surface area contributed by atoms with Crippen LogP contribution >= 0.6 is 0 Å². The predicted molar refractivity (Wildman–Crippen MR) is 77.4 cm³/mol. The van der Waals surface area contributed by atoms with Crippen molar-refractivity contribution in [2.24, 2.45) is 0 Å². The monoisotopic (exact) mass is 249 g/mol. The maximum Gasteiger partial charge on any atom is 0.134 e. The summed E-state index contributed by atoms with van der Waals surface area (Å²) in [7, 11) is 4.60. The average molecular weight is 249 g/mol. The Morgan fingerprint density at radius 3 is 2.61 bits per heavy atom. The normalized spacial score (nSPS) is 19.0. The summed E-state index contributed by atoms with van der Waals surface area (Å²) in [6.07, 6.45) is 1.18. The molecule has 1 heterocycles. The van der Waals surface area contributed by atoms with Crippen LogP contribution < -0.4 is 11.1 Å². The second-order valence-corrected chi connectivity index (χ2v) is 5.82. The van der Waals surface area contributed by atoms with Gasteiger partial charge in [-0.25, -0.2) is 0 Å². The van der Waals surface area contributed by atoms with E-state index in [0.717, 1.165) is 22.4 Å². The lowest BCUT2D eigenvalue weighted by Gasteiger charge is -2.23. The SMILES string of the molecule is C[N+]1(C)CCN(CCCNc2ccc(N)cc2)C1. The van der Waals surface area contributed by atoms with Crippen molar-refractivity contribution in [3.05, 3.63) is 24.3 Å². The topological polar surface area (TPSA) is 41.3 Å². The van der Waals surface area contributed by atoms with E-state index in [4.69, 9.17) is 5.73 Å². The minimum atomic E-state index is 0.817. The van der Waals surface area contributed by atoms with Gasteiger partial charge in [-0.3, -0.25) is 4.90 Å². The number of quaternary nitrogens is 1. The van der Waals surface area contributed by atoms with E-state index >= 15 is 0 Å². The molecule has 0 aromatic heterocycles. The molecule has 0 unspecified atom stereocenters. The average Bonchev–Trinajstić information content (AvgIpc) is 2.67. The lowest BCUT2D eigenvalue weighted by Crippen LogP contribution is -2.38. The van der Waals surface area contributed by atoms with Crippen molar-refractivity contribution in [2.45, 2.75) is 6.42 Å². The number of nitrogen functional groups attached to an aromatic ring is 1. The first kappa shape index (κ1) is 13.2. The van der Waals surface area contributed by atoms with Gasteiger partial charge in [-0.2, -0.15) is 0 Å². The van der Waals surface area contributed by atoms with Crippen LogP contribution in [0.3, 0.4) is 0 Å². The van der Waals surface area contributed by atoms with Gasteiger partial charge in [-0.15, -0.1) is 0 Å². The summed E-state index contributed by atoms with van der Waals surface area (Å²) in [6.45, 7) is 5.89. The molecule has 1 aromatic carbocycles. The van der Waals surface area contributed by atoms with Crippen LogP contribution in [0.4, 0.5) is 11.4 Å². The van der Waals surface area contributed by atoms with Crippen molar-refractivity contribution < 1.29 is 4.48 Å². The molecule has 0 atom stereocenters. The number of hydrogen-bond acceptors (Lipinski definition) is 3. The summed E-state index contributed by atoms with van der Waals surface area (Å²) in [5.41, 5.74) is 7.63. The molecule has 0 saturated carbocycles. The number of nitrogens with zero attached hydrogens (tertiary/aromatic N) is 2. The summed E-state index contributed by atoms with van der Waals surface area (Å²) < 4.78 is 1.13. The van der Waals surface area contributed by atoms with Crippen LogP contribution in [-0.4, -0.2) is 56.3 Å². The van der Waals surface area contributed by atoms with Crippen molar-refractivity contribution in [3.63, 3.8) is 0 Å². The second kappa shape index (κ2) is 5.59. The summed E-state index contributed by atoms with van der Waals surface area (Å²) in [4.78, 5) is 2.55. The third kappa shape index (κ3) is 3.89. The van der Waals surface area contributed by atoms with Gasteiger partial charge < -0.3 is 15.5 Å². The van der Waals surface area contributed by atoms with Gasteiger partial charge in [0, 0.05) is 24.5 Å². The molecule has 1 saturated heterocycles. The number of benzene rings is 1. The number of rotatable bonds is 5. The first-order valence-electron chi connectivity index (χ1n) is 6.69. The lowest BCUT2D eigenvalue weighted by molar-refractivity contribution is -0.882. The standard InChI is InChI=1S/C14H25N4/c1-18(2)11-10-17(12-18)9-3-8-16-14-6-4-13(15)5-7-14/h4-7,16H,3,8-12,15H2,1-2H3/q+1. The Balaban J connectivity index is 1.63. The van der Waals surface area contributed by atoms with Gasteiger partial charge in [0.05, 0.1) is 27.2 Å². The van der Waals surface area contributed by atoms with Crippen molar-refractivity contribution in [1.82, 2.24) is 4.90 Å². The third-order valence-electron chi connectivity index (χ3n) is 3.50. The molecule has 1 aliphatic rings. The minimum Gasteiger partial charge on any atom is -0.399 e. The van der Waals surface area contributed by atoms with E-state index in [0.29, 0.717) is 0 Å². The first-order valence-corrected chi connectivity index (χ1v) is 6.69. The van der Waals surface area contributed by atoms with E-state index in [1.165, 1.54) is 32.7 Å². The smallest absolute Gasteiger partial charge is 0.134 e. The minimum absolute atomic E-state index is 0.817. The van der Waals surface area contributed by atoms with E-state index in [1.54, 1.807) is 0 Å². The van der Waals surface area contributed by atoms with Gasteiger partial charge in [-0.1, -0.05) is 0 Å². The second-order valence-electron chi connectivity index (χ2n) is 5.82. The molecule has 4 nitrogen and oxygen atoms in total. The maximum atomic E-state index is 5.65. The Morgan fingerprint density at radius 2 is 2.00 bits per heavy atom. The molecule has 1 aliphatic heterocycles. The first-order chi connectivity index (χ1) is 8.55. The number of hydrogen-bond donors (Lipinski definition) is 2. The van der Waals surface area contributed by atoms with Crippen molar-refractivity contribution in [3.8, 4) is 0 Å². The summed E-state index contributed by atoms with van der Waals surface area (Å²) in [6, 6.07) is 7.93. The Labute approximate surface area is 110 Å². The molecular formula is C14H25N4+. The van der Waals surface area contributed by atoms with Crippen LogP contribution in [0.15, 0.2) is 24.3 Å². The van der Waals surface area contributed by atoms with Crippen LogP contribution in [0.5, 0.6) is 0 Å². The van der Waals surface area contributed by atoms with E-state index < -0.39 is 0 Å². The van der Waals surface area contributed by atoms with Crippen LogP contribution in [-0.2, 0) is 0 Å². The number of likely N-dealkylation sites (N-methyl/N-ethyl adjacent to an activating group) is 1. The van der Waals surface area contributed by atoms with Gasteiger partial charge in [0.25, 0.3) is 0 Å². The quantitative estimate of drug-likeness (QED) is 0.471. The molecular weight excluding hydrogens is 224 g/mol. The predicted octanol–water partition coefficient (Wildman–Crippen LogP) is 1.42. The summed E-state index contributed by atoms with van der Waals surface area (Å²) in [5.74, 6) is 0. The van der Waals surface area contributed by atoms with Crippen molar-refractivity contribution >= 4 is 11.4 Å². The van der Waals surface area contributed by atoms with Crippen molar-refractivity contribution in [1.29, 1.82) is 0 Å². The Hall–Kier alpha value is -1.26. The number of nitrogens with one attached hydrogen (secondary N) is 1. The summed E-state index contributed by atoms with van der Waals surface area (Å²) >= 11 is 0. The lowest BCUT2D eigenvalue weighted by atomic mass is 10.3. The fourth-order valence-electron chi connectivity index (χ4n) is 2.41. The van der Waals surface area contributed by atoms with Crippen molar-refractivity contribution in [2.75, 3.05) is 58.0 Å². The van der Waals surface area contributed by atoms with Crippen LogP contribution in [0.1, 0.15) is 6.42 Å². The zero-order valence-electron chi connectivity index (χ0n) is 11.5. The zero-order valence-corrected chi connectivity index (χ0v) is 11.5. The number of nitrogens with two attached hydrogens (primary N) is 1. The largest absolute Gasteiger partial charge is 0.399 e. The van der Waals surface area contributed by atoms with Gasteiger partial charge in [-0.05, 0) is 30.7 Å². The molecule has 0 spiro atoms. The van der Waals surface area contributed by atoms with E-state index in [-0.39, 0.29) is 0 Å². The van der Waals surface area contributed by atoms with E-state index in [1.807, 2.05) is 24.3 Å². The third-order valence-corrected chi connectivity index (χ3v) is 3.50. The molecule has 3 N–H and O–H groups in total. The Morgan fingerprint density at radius 1 is 1.28 bits per heavy atom. The fourth-order valence-corrected chi connectivity index (χ4v) is 2.41. The highest BCUT2D eigenvalue weighted by Gasteiger charge is 2.27. The Bertz CT molecular complexity index is 372. The molecule has 18 heavy (non-hydrogen) atoms. The van der Waals surface area contributed by atoms with Crippen LogP contribution in [0.25, 0.3) is 0 Å². The van der Waals surface area contributed by atoms with Gasteiger partial charge in [0.15, 0.2) is 0 Å². The van der Waals surface area contributed by atoms with Crippen LogP contribution in [0, 0.1) is 0 Å². The molecule has 0 bridgehead atoms. The molecule has 100 valence electrons. The van der Waals surface area contributed by atoms with Gasteiger partial charge in [0.2, 0.25) is 0 Å². The van der Waals surface area contributed by atoms with E-state index in [2.05, 4.69) is 24.3 Å². The van der Waals surface area contributed by atoms with Gasteiger partial charge in [0.1, 0.15) is 6.67 Å². The molecule has 0 aliphatic carbocycles. The Kier molecular flexibility index (Phi) is 4.09. The highest BCUT2D eigenvalue weighted by molar-refractivity contribution is 5.51. The summed E-state index contributed by atoms with van der Waals surface area (Å²) in [5, 5.41) is 3.43. The molecule has 2 rings (SSSR count). The molecule has 0 radical (unpaired) electrons. The molecule has 1 aromatic rings. The number of anilines is 2. The molecule has 0 amide bonds. The zero-order chi connectivity index (χ0) is 13.0. The maximum absolute atomic E-state index is 5.65. The highest BCUT2D eigenvalue weighted by atomic mass is 15.5. The molecule has 4 heteroatoms.